The van der Waals surface area contributed by atoms with Crippen molar-refractivity contribution in [2.45, 2.75) is 44.1 Å². The maximum Gasteiger partial charge on any atom is 0.295 e. The van der Waals surface area contributed by atoms with Crippen molar-refractivity contribution >= 4 is 228 Å². The van der Waals surface area contributed by atoms with Crippen LogP contribution in [0.2, 0.25) is 0 Å². The van der Waals surface area contributed by atoms with Crippen molar-refractivity contribution in [3.8, 4) is 0 Å². The number of carbonyl (C=O) groups excluding carboxylic acids is 6. The second kappa shape index (κ2) is 32.8. The molecule has 51 nitrogen and oxygen atoms in total. The number of benzene rings is 6. The number of hydrogen-bond acceptors (Lipinski definition) is 30. The molecule has 0 radical (unpaired) electrons. The maximum absolute atomic E-state index is 14.4. The standard InChI is InChI=1S/C69H60N18O33S9/c1-82-28-34(10-52(82)64(91)85(4)37-16-49(70-25-37)61(88)73-31-7-43-46(55(13-31)124(103,104)105)19-40(121(94,95)96)22-58(43)127(112,113)114)76-67-79-68(77-35-11-53(83(2)29-35)65(92)86(5)38-17-50(71-26-38)62(89)74-32-8-44-47(56(14-32)125(106,107)108)20-41(122(97,98)99)23-59(44)128(115,116)117)81-69(80-67)78-36-12-54(84(3)30-36)66(93)87(6)39-18-51(72-27-39)63(90)75-33-9-45-48(57(15-33)126(109,110)111)21-42(123(100,101)102)24-60(45)129(118,119)120/h7-30,70-72H,1-6H3,(H,73,88)(H,74,89)(H,75,90)(H,94,95,96)(H,97,98,99)(H,100,101,102)(H,103,104,105)(H,106,107,108)(H,109,110,111)(H,112,113,114)(H,115,116,117)(H,118,119,120)(H3,76,77,78,79,80,81). The van der Waals surface area contributed by atoms with Crippen LogP contribution in [0.25, 0.3) is 32.3 Å². The third-order valence-corrected chi connectivity index (χ3v) is 27.0. The summed E-state index contributed by atoms with van der Waals surface area (Å²) in [6.45, 7) is 0. The van der Waals surface area contributed by atoms with Crippen molar-refractivity contribution in [3.05, 3.63) is 181 Å². The lowest BCUT2D eigenvalue weighted by Crippen LogP contribution is -2.27. The lowest BCUT2D eigenvalue weighted by molar-refractivity contribution is 0.0977. The zero-order valence-electron chi connectivity index (χ0n) is 65.4. The Kier molecular flexibility index (Phi) is 23.6. The molecular formula is C69H60N18O33S9. The van der Waals surface area contributed by atoms with Crippen LogP contribution in [0.4, 0.5) is 69.0 Å². The van der Waals surface area contributed by atoms with Crippen LogP contribution in [0.5, 0.6) is 0 Å². The molecule has 18 N–H and O–H groups in total. The second-order valence-electron chi connectivity index (χ2n) is 27.9. The van der Waals surface area contributed by atoms with Gasteiger partial charge < -0.3 is 75.3 Å². The minimum absolute atomic E-state index is 0.00941. The SMILES string of the molecule is CN(C(=O)c1cc(Nc2nc(Nc3cc(C(=O)N(C)c4c[nH]c(C(=O)Nc5cc(S(=O)(=O)O)c6cc(S(=O)(=O)O)cc(S(=O)(=O)O)c6c5)c4)n(C)c3)nc(Nc3cc(C(=O)N(C)c4c[nH]c(C(=O)Nc5cc(S(=O)(=O)O)c6cc(S(=O)(=O)O)cc(S(=O)(=O)O)c6c5)c4)n(C)c3)n2)cn1C)c1c[nH]c(C(=O)Nc2cc(S(=O)(=O)O)c3cc(S(=O)(=O)O)cc(S(=O)(=O)O)c3c2)c1. The number of anilines is 12. The molecule has 13 aromatic rings. The van der Waals surface area contributed by atoms with E-state index in [0.29, 0.717) is 54.6 Å². The average molecular weight is 1960 g/mol. The van der Waals surface area contributed by atoms with E-state index in [1.807, 2.05) is 0 Å². The number of aromatic amines is 3. The molecule has 0 spiro atoms. The zero-order valence-corrected chi connectivity index (χ0v) is 72.7. The third kappa shape index (κ3) is 19.5. The van der Waals surface area contributed by atoms with Gasteiger partial charge in [0.2, 0.25) is 17.8 Å². The highest BCUT2D eigenvalue weighted by Crippen LogP contribution is 2.40. The number of H-pyrrole nitrogens is 3. The highest BCUT2D eigenvalue weighted by atomic mass is 32.3. The van der Waals surface area contributed by atoms with Crippen LogP contribution in [-0.2, 0) is 112 Å². The van der Waals surface area contributed by atoms with Crippen molar-refractivity contribution in [3.63, 3.8) is 0 Å². The molecule has 0 saturated heterocycles. The number of nitrogens with zero attached hydrogens (tertiary/aromatic N) is 9. The number of nitrogens with one attached hydrogen (secondary N) is 9. The first-order chi connectivity index (χ1) is 59.5. The van der Waals surface area contributed by atoms with E-state index in [0.717, 1.165) is 51.1 Å². The van der Waals surface area contributed by atoms with Crippen LogP contribution >= 0.6 is 0 Å². The van der Waals surface area contributed by atoms with Gasteiger partial charge in [-0.25, -0.2) is 0 Å². The third-order valence-electron chi connectivity index (χ3n) is 19.1. The normalized spacial score (nSPS) is 12.6. The fraction of sp³-hybridized carbons (Fsp3) is 0.0870. The Morgan fingerprint density at radius 3 is 0.705 bits per heavy atom. The maximum atomic E-state index is 14.4. The van der Waals surface area contributed by atoms with Gasteiger partial charge in [0.25, 0.3) is 127 Å². The monoisotopic (exact) mass is 1960 g/mol. The number of aromatic nitrogens is 9. The molecule has 7 aromatic heterocycles. The lowest BCUT2D eigenvalue weighted by Gasteiger charge is -2.15. The molecule has 0 unspecified atom stereocenters. The van der Waals surface area contributed by atoms with Gasteiger partial charge >= 0.3 is 0 Å². The summed E-state index contributed by atoms with van der Waals surface area (Å²) in [5.74, 6) is -6.36. The van der Waals surface area contributed by atoms with Gasteiger partial charge in [0.15, 0.2) is 0 Å². The van der Waals surface area contributed by atoms with Crippen LogP contribution in [0.3, 0.4) is 0 Å². The number of rotatable bonds is 27. The molecule has 6 aromatic carbocycles. The Balaban J connectivity index is 0.763. The van der Waals surface area contributed by atoms with Gasteiger partial charge in [-0.3, -0.25) is 69.7 Å². The number of fused-ring (bicyclic) bond motifs is 3. The van der Waals surface area contributed by atoms with Crippen molar-refractivity contribution in [1.29, 1.82) is 0 Å². The molecule has 0 fully saturated rings. The van der Waals surface area contributed by atoms with Gasteiger partial charge in [-0.2, -0.15) is 90.7 Å². The highest BCUT2D eigenvalue weighted by molar-refractivity contribution is 7.88. The summed E-state index contributed by atoms with van der Waals surface area (Å²) < 4.78 is 317. The molecule has 0 aliphatic carbocycles. The predicted octanol–water partition coefficient (Wildman–Crippen LogP) is 5.37. The van der Waals surface area contributed by atoms with Crippen LogP contribution in [0.1, 0.15) is 62.9 Å². The molecule has 0 aliphatic heterocycles. The molecule has 0 aliphatic rings. The van der Waals surface area contributed by atoms with E-state index >= 15 is 0 Å². The van der Waals surface area contributed by atoms with Gasteiger partial charge in [0.05, 0.1) is 48.8 Å². The average Bonchev–Trinajstić information content (AvgIpc) is 1.70. The summed E-state index contributed by atoms with van der Waals surface area (Å²) in [5, 5.41) is 11.0. The topological polar surface area (TPSA) is 774 Å². The number of carbonyl (C=O) groups is 6. The molecule has 6 amide bonds. The van der Waals surface area contributed by atoms with E-state index in [9.17, 15) is 146 Å². The van der Waals surface area contributed by atoms with Crippen LogP contribution in [0, 0.1) is 0 Å². The Hall–Kier alpha value is -13.8. The van der Waals surface area contributed by atoms with Crippen LogP contribution in [0.15, 0.2) is 190 Å². The van der Waals surface area contributed by atoms with Crippen LogP contribution < -0.4 is 46.6 Å². The van der Waals surface area contributed by atoms with E-state index in [-0.39, 0.29) is 86.1 Å². The van der Waals surface area contributed by atoms with Crippen molar-refractivity contribution < 1.29 is 146 Å². The van der Waals surface area contributed by atoms with Gasteiger partial charge in [-0.1, -0.05) is 0 Å². The van der Waals surface area contributed by atoms with Gasteiger partial charge in [-0.15, -0.1) is 0 Å². The summed E-state index contributed by atoms with van der Waals surface area (Å²) >= 11 is 0. The molecule has 60 heteroatoms. The van der Waals surface area contributed by atoms with Gasteiger partial charge in [0, 0.05) is 129 Å². The molecule has 678 valence electrons. The summed E-state index contributed by atoms with van der Waals surface area (Å²) in [7, 11) is -40.1. The van der Waals surface area contributed by atoms with Crippen molar-refractivity contribution in [1.82, 2.24) is 43.6 Å². The summed E-state index contributed by atoms with van der Waals surface area (Å²) in [6, 6.07) is 14.0. The van der Waals surface area contributed by atoms with Crippen molar-refractivity contribution in [2.75, 3.05) is 67.7 Å². The first kappa shape index (κ1) is 92.9. The predicted molar refractivity (Wildman–Crippen MR) is 451 cm³/mol. The molecule has 0 bridgehead atoms. The first-order valence-corrected chi connectivity index (χ1v) is 48.0. The molecule has 0 atom stereocenters. The van der Waals surface area contributed by atoms with Gasteiger partial charge in [-0.05, 0) is 109 Å². The number of hydrogen-bond donors (Lipinski definition) is 18. The Morgan fingerprint density at radius 2 is 0.496 bits per heavy atom. The molecule has 7 heterocycles. The second-order valence-corrected chi connectivity index (χ2v) is 40.5. The molecule has 0 saturated carbocycles. The van der Waals surface area contributed by atoms with E-state index in [1.165, 1.54) is 111 Å². The quantitative estimate of drug-likeness (QED) is 0.0288. The Morgan fingerprint density at radius 1 is 0.287 bits per heavy atom. The zero-order chi connectivity index (χ0) is 94.9. The largest absolute Gasteiger partial charge is 0.355 e. The number of amides is 6. The lowest BCUT2D eigenvalue weighted by atomic mass is 10.1. The van der Waals surface area contributed by atoms with E-state index in [2.05, 4.69) is 61.8 Å². The summed E-state index contributed by atoms with van der Waals surface area (Å²) in [5.41, 5.74) is -2.45. The van der Waals surface area contributed by atoms with E-state index in [4.69, 9.17) is 0 Å². The van der Waals surface area contributed by atoms with Crippen LogP contribution in [-0.4, -0.2) is 217 Å². The molecular weight excluding hydrogens is 1900 g/mol. The highest BCUT2D eigenvalue weighted by Gasteiger charge is 2.33. The Labute approximate surface area is 725 Å². The fourth-order valence-corrected chi connectivity index (χ4v) is 19.3. The number of aryl methyl sites for hydroxylation is 3. The van der Waals surface area contributed by atoms with Crippen molar-refractivity contribution in [2.24, 2.45) is 21.1 Å². The first-order valence-electron chi connectivity index (χ1n) is 35.0. The molecule has 129 heavy (non-hydrogen) atoms. The minimum atomic E-state index is -5.43. The van der Waals surface area contributed by atoms with Gasteiger partial charge in [0.1, 0.15) is 63.5 Å². The molecule has 13 rings (SSSR count). The summed E-state index contributed by atoms with van der Waals surface area (Å²) in [6.07, 6.45) is 7.82. The minimum Gasteiger partial charge on any atom is -0.355 e. The van der Waals surface area contributed by atoms with E-state index < -0.39 is 220 Å². The Bertz CT molecular complexity index is 7460. The van der Waals surface area contributed by atoms with E-state index in [1.54, 1.807) is 0 Å². The summed E-state index contributed by atoms with van der Waals surface area (Å²) in [4.78, 5) is 98.2. The smallest absolute Gasteiger partial charge is 0.295 e. The fourth-order valence-electron chi connectivity index (χ4n) is 13.1.